The summed E-state index contributed by atoms with van der Waals surface area (Å²) in [5.74, 6) is 0.996. The van der Waals surface area contributed by atoms with Crippen LogP contribution in [0.25, 0.3) is 0 Å². The molecule has 0 aromatic heterocycles. The Labute approximate surface area is 109 Å². The Morgan fingerprint density at radius 2 is 1.75 bits per heavy atom. The second kappa shape index (κ2) is 4.92. The first-order valence-corrected chi connectivity index (χ1v) is 8.76. The highest BCUT2D eigenvalue weighted by Gasteiger charge is 2.25. The number of hydrogen-bond acceptors (Lipinski definition) is 1. The molecule has 0 amide bonds. The molecule has 1 nitrogen and oxygen atoms in total. The largest absolute Gasteiger partial charge is 0.495 e. The van der Waals surface area contributed by atoms with Gasteiger partial charge in [0.1, 0.15) is 5.75 Å². The second-order valence-corrected chi connectivity index (χ2v) is 8.65. The molecule has 0 spiro atoms. The van der Waals surface area contributed by atoms with E-state index in [4.69, 9.17) is 4.74 Å². The van der Waals surface area contributed by atoms with Crippen molar-refractivity contribution in [1.29, 1.82) is 0 Å². The number of ether oxygens (including phenoxy) is 1. The van der Waals surface area contributed by atoms with E-state index in [1.165, 1.54) is 10.8 Å². The Hall–Kier alpha value is -0.283. The average molecular weight is 300 g/mol. The number of rotatable bonds is 2. The van der Waals surface area contributed by atoms with Crippen LogP contribution in [0, 0.1) is 0 Å². The summed E-state index contributed by atoms with van der Waals surface area (Å²) in [5.41, 5.74) is 1.47. The van der Waals surface area contributed by atoms with E-state index < -0.39 is 8.80 Å². The smallest absolute Gasteiger partial charge is 0.136 e. The first-order valence-electron chi connectivity index (χ1n) is 5.46. The van der Waals surface area contributed by atoms with Crippen molar-refractivity contribution in [2.75, 3.05) is 7.11 Å². The molecule has 3 heteroatoms. The molecular formula is C13H20BrOSi. The van der Waals surface area contributed by atoms with Gasteiger partial charge in [0.2, 0.25) is 0 Å². The fourth-order valence-corrected chi connectivity index (χ4v) is 3.82. The van der Waals surface area contributed by atoms with Crippen molar-refractivity contribution in [3.8, 4) is 5.75 Å². The molecule has 0 unspecified atom stereocenters. The molecule has 0 saturated heterocycles. The molecule has 89 valence electrons. The van der Waals surface area contributed by atoms with Crippen LogP contribution in [0.4, 0.5) is 0 Å². The predicted octanol–water partition coefficient (Wildman–Crippen LogP) is 3.72. The normalized spacial score (nSPS) is 12.0. The van der Waals surface area contributed by atoms with Crippen LogP contribution < -0.4 is 9.92 Å². The standard InChI is InChI=1S/C13H20BrOSi/c1-13(2,3)11-10(16(5)6)8-7-9(14)12(11)15-4/h7-8H,1-6H3. The highest BCUT2D eigenvalue weighted by atomic mass is 79.9. The molecule has 0 fully saturated rings. The van der Waals surface area contributed by atoms with E-state index in [0.29, 0.717) is 0 Å². The van der Waals surface area contributed by atoms with Crippen LogP contribution >= 0.6 is 15.9 Å². The minimum atomic E-state index is -0.474. The van der Waals surface area contributed by atoms with E-state index in [0.717, 1.165) is 10.2 Å². The van der Waals surface area contributed by atoms with Gasteiger partial charge in [0.25, 0.3) is 0 Å². The van der Waals surface area contributed by atoms with Gasteiger partial charge in [-0.15, -0.1) is 0 Å². The summed E-state index contributed by atoms with van der Waals surface area (Å²) < 4.78 is 6.61. The second-order valence-electron chi connectivity index (χ2n) is 5.25. The fourth-order valence-electron chi connectivity index (χ4n) is 1.92. The van der Waals surface area contributed by atoms with Crippen molar-refractivity contribution in [1.82, 2.24) is 0 Å². The third-order valence-electron chi connectivity index (χ3n) is 2.60. The highest BCUT2D eigenvalue weighted by molar-refractivity contribution is 9.10. The van der Waals surface area contributed by atoms with Gasteiger partial charge >= 0.3 is 0 Å². The van der Waals surface area contributed by atoms with Crippen LogP contribution in [0.1, 0.15) is 26.3 Å². The molecule has 1 rings (SSSR count). The minimum absolute atomic E-state index is 0.117. The van der Waals surface area contributed by atoms with Crippen molar-refractivity contribution in [2.45, 2.75) is 39.3 Å². The molecule has 1 radical (unpaired) electrons. The van der Waals surface area contributed by atoms with Crippen LogP contribution in [0.5, 0.6) is 5.75 Å². The summed E-state index contributed by atoms with van der Waals surface area (Å²) in [6, 6.07) is 4.34. The Morgan fingerprint density at radius 1 is 1.19 bits per heavy atom. The predicted molar refractivity (Wildman–Crippen MR) is 76.5 cm³/mol. The number of hydrogen-bond donors (Lipinski definition) is 0. The van der Waals surface area contributed by atoms with Gasteiger partial charge in [-0.25, -0.2) is 0 Å². The lowest BCUT2D eigenvalue weighted by molar-refractivity contribution is 0.396. The molecule has 0 heterocycles. The third kappa shape index (κ3) is 2.69. The summed E-state index contributed by atoms with van der Waals surface area (Å²) in [5, 5.41) is 1.47. The molecule has 0 aliphatic rings. The van der Waals surface area contributed by atoms with E-state index in [1.54, 1.807) is 7.11 Å². The third-order valence-corrected chi connectivity index (χ3v) is 4.72. The minimum Gasteiger partial charge on any atom is -0.495 e. The lowest BCUT2D eigenvalue weighted by Gasteiger charge is -2.27. The van der Waals surface area contributed by atoms with Crippen LogP contribution in [0.15, 0.2) is 16.6 Å². The number of methoxy groups -OCH3 is 1. The molecule has 0 saturated carbocycles. The summed E-state index contributed by atoms with van der Waals surface area (Å²) in [4.78, 5) is 0. The van der Waals surface area contributed by atoms with E-state index in [9.17, 15) is 0 Å². The fraction of sp³-hybridized carbons (Fsp3) is 0.538. The number of halogens is 1. The Bertz CT molecular complexity index is 380. The van der Waals surface area contributed by atoms with Gasteiger partial charge in [0.05, 0.1) is 20.4 Å². The molecule has 0 N–H and O–H groups in total. The van der Waals surface area contributed by atoms with Crippen LogP contribution in [-0.2, 0) is 5.41 Å². The average Bonchev–Trinajstić information content (AvgIpc) is 2.15. The Kier molecular flexibility index (Phi) is 4.24. The van der Waals surface area contributed by atoms with Crippen molar-refractivity contribution in [3.05, 3.63) is 22.2 Å². The van der Waals surface area contributed by atoms with E-state index in [1.807, 2.05) is 0 Å². The van der Waals surface area contributed by atoms with Gasteiger partial charge in [0.15, 0.2) is 0 Å². The quantitative estimate of drug-likeness (QED) is 0.757. The molecule has 0 atom stereocenters. The summed E-state index contributed by atoms with van der Waals surface area (Å²) in [6.45, 7) is 11.4. The van der Waals surface area contributed by atoms with E-state index >= 15 is 0 Å². The maximum Gasteiger partial charge on any atom is 0.136 e. The summed E-state index contributed by atoms with van der Waals surface area (Å²) in [6.07, 6.45) is 0. The first-order chi connectivity index (χ1) is 7.29. The monoisotopic (exact) mass is 299 g/mol. The highest BCUT2D eigenvalue weighted by Crippen LogP contribution is 2.35. The molecule has 16 heavy (non-hydrogen) atoms. The maximum atomic E-state index is 5.56. The SMILES string of the molecule is COc1c(Br)ccc([Si](C)C)c1C(C)(C)C. The molecule has 0 aliphatic carbocycles. The zero-order chi connectivity index (χ0) is 12.5. The molecular weight excluding hydrogens is 280 g/mol. The summed E-state index contributed by atoms with van der Waals surface area (Å²) in [7, 11) is 1.27. The first kappa shape index (κ1) is 13.8. The Balaban J connectivity index is 3.54. The lowest BCUT2D eigenvalue weighted by Crippen LogP contribution is -2.33. The molecule has 1 aromatic rings. The topological polar surface area (TPSA) is 9.23 Å². The van der Waals surface area contributed by atoms with Crippen LogP contribution in [0.2, 0.25) is 13.1 Å². The van der Waals surface area contributed by atoms with Crippen molar-refractivity contribution in [3.63, 3.8) is 0 Å². The van der Waals surface area contributed by atoms with Crippen molar-refractivity contribution < 1.29 is 4.74 Å². The van der Waals surface area contributed by atoms with Crippen LogP contribution in [-0.4, -0.2) is 15.9 Å². The molecule has 0 aliphatic heterocycles. The van der Waals surface area contributed by atoms with Gasteiger partial charge in [-0.2, -0.15) is 0 Å². The van der Waals surface area contributed by atoms with E-state index in [-0.39, 0.29) is 5.41 Å². The van der Waals surface area contributed by atoms with Crippen molar-refractivity contribution >= 4 is 29.9 Å². The van der Waals surface area contributed by atoms with Gasteiger partial charge in [-0.1, -0.05) is 45.1 Å². The number of benzene rings is 1. The maximum absolute atomic E-state index is 5.56. The van der Waals surface area contributed by atoms with Gasteiger partial charge in [0, 0.05) is 0 Å². The van der Waals surface area contributed by atoms with Gasteiger partial charge < -0.3 is 4.74 Å². The molecule has 0 bridgehead atoms. The lowest BCUT2D eigenvalue weighted by atomic mass is 9.86. The Morgan fingerprint density at radius 3 is 2.12 bits per heavy atom. The molecule has 1 aromatic carbocycles. The zero-order valence-corrected chi connectivity index (χ0v) is 13.5. The van der Waals surface area contributed by atoms with Gasteiger partial charge in [-0.3, -0.25) is 0 Å². The van der Waals surface area contributed by atoms with Gasteiger partial charge in [-0.05, 0) is 33.0 Å². The van der Waals surface area contributed by atoms with Crippen molar-refractivity contribution in [2.24, 2.45) is 0 Å². The summed E-state index contributed by atoms with van der Waals surface area (Å²) >= 11 is 3.57. The zero-order valence-electron chi connectivity index (χ0n) is 10.9. The van der Waals surface area contributed by atoms with Crippen LogP contribution in [0.3, 0.4) is 0 Å². The van der Waals surface area contributed by atoms with E-state index in [2.05, 4.69) is 61.9 Å².